The summed E-state index contributed by atoms with van der Waals surface area (Å²) in [6.07, 6.45) is 2.77. The van der Waals surface area contributed by atoms with E-state index in [-0.39, 0.29) is 17.1 Å². The molecule has 5 heteroatoms. The second kappa shape index (κ2) is 5.87. The second-order valence-corrected chi connectivity index (χ2v) is 7.78. The maximum Gasteiger partial charge on any atom is 0.224 e. The fraction of sp³-hybridized carbons (Fsp3) is 0.333. The topological polar surface area (TPSA) is 62.6 Å². The summed E-state index contributed by atoms with van der Waals surface area (Å²) in [4.78, 5) is 27.5. The summed E-state index contributed by atoms with van der Waals surface area (Å²) in [6.45, 7) is 5.71. The van der Waals surface area contributed by atoms with Crippen molar-refractivity contribution in [1.82, 2.24) is 0 Å². The van der Waals surface area contributed by atoms with Gasteiger partial charge in [-0.15, -0.1) is 0 Å². The van der Waals surface area contributed by atoms with E-state index >= 15 is 0 Å². The van der Waals surface area contributed by atoms with Gasteiger partial charge in [0.1, 0.15) is 11.8 Å². The number of amides is 1. The van der Waals surface area contributed by atoms with E-state index in [9.17, 15) is 9.59 Å². The van der Waals surface area contributed by atoms with E-state index in [1.165, 1.54) is 6.92 Å². The number of allylic oxidation sites excluding steroid dienone is 1. The molecule has 0 bridgehead atoms. The molecule has 1 amide bonds. The molecule has 5 nitrogen and oxygen atoms in total. The molecule has 2 heterocycles. The van der Waals surface area contributed by atoms with Gasteiger partial charge in [-0.1, -0.05) is 26.0 Å². The number of carbonyl (C=O) groups is 2. The van der Waals surface area contributed by atoms with E-state index in [0.717, 1.165) is 23.5 Å². The van der Waals surface area contributed by atoms with Crippen molar-refractivity contribution in [2.75, 3.05) is 10.2 Å². The zero-order valence-corrected chi connectivity index (χ0v) is 15.2. The number of Topliss-reactive ketones (excluding diaryl/α,β-unsaturated/α-hetero) is 1. The number of anilines is 2. The lowest BCUT2D eigenvalue weighted by Gasteiger charge is -2.35. The van der Waals surface area contributed by atoms with E-state index in [0.29, 0.717) is 17.8 Å². The SMILES string of the molecule is CC(=O)N1c2ccccc2NC2=C(C(=O)CC(C)(C)C2)[C@H]1c1ccco1. The van der Waals surface area contributed by atoms with Crippen LogP contribution in [0.25, 0.3) is 0 Å². The first kappa shape index (κ1) is 16.6. The van der Waals surface area contributed by atoms with Gasteiger partial charge >= 0.3 is 0 Å². The molecule has 1 aliphatic heterocycles. The summed E-state index contributed by atoms with van der Waals surface area (Å²) in [5.74, 6) is 0.524. The first-order chi connectivity index (χ1) is 12.4. The molecule has 4 rings (SSSR count). The first-order valence-corrected chi connectivity index (χ1v) is 8.83. The van der Waals surface area contributed by atoms with Crippen LogP contribution in [0.15, 0.2) is 58.3 Å². The van der Waals surface area contributed by atoms with Gasteiger partial charge in [-0.3, -0.25) is 14.5 Å². The number of ketones is 1. The van der Waals surface area contributed by atoms with Crippen LogP contribution < -0.4 is 10.2 Å². The summed E-state index contributed by atoms with van der Waals surface area (Å²) in [5, 5.41) is 3.45. The Labute approximate surface area is 152 Å². The Balaban J connectivity index is 2.00. The minimum absolute atomic E-state index is 0.0595. The number of para-hydroxylation sites is 2. The van der Waals surface area contributed by atoms with Crippen LogP contribution in [-0.2, 0) is 9.59 Å². The van der Waals surface area contributed by atoms with Gasteiger partial charge in [0.2, 0.25) is 5.91 Å². The molecule has 0 unspecified atom stereocenters. The van der Waals surface area contributed by atoms with Gasteiger partial charge in [0, 0.05) is 24.6 Å². The van der Waals surface area contributed by atoms with Crippen molar-refractivity contribution in [1.29, 1.82) is 0 Å². The smallest absolute Gasteiger partial charge is 0.224 e. The number of nitrogens with one attached hydrogen (secondary N) is 1. The third-order valence-corrected chi connectivity index (χ3v) is 5.05. The molecule has 2 aliphatic rings. The van der Waals surface area contributed by atoms with E-state index in [1.807, 2.05) is 30.3 Å². The molecule has 1 aromatic heterocycles. The number of nitrogens with zero attached hydrogens (tertiary/aromatic N) is 1. The second-order valence-electron chi connectivity index (χ2n) is 7.78. The Morgan fingerprint density at radius 2 is 1.96 bits per heavy atom. The van der Waals surface area contributed by atoms with Crippen molar-refractivity contribution in [3.8, 4) is 0 Å². The number of carbonyl (C=O) groups excluding carboxylic acids is 2. The average molecular weight is 350 g/mol. The van der Waals surface area contributed by atoms with Crippen LogP contribution in [0.5, 0.6) is 0 Å². The average Bonchev–Trinajstić information content (AvgIpc) is 3.02. The highest BCUT2D eigenvalue weighted by atomic mass is 16.3. The zero-order valence-electron chi connectivity index (χ0n) is 15.2. The van der Waals surface area contributed by atoms with Crippen LogP contribution in [0.2, 0.25) is 0 Å². The molecule has 0 radical (unpaired) electrons. The highest BCUT2D eigenvalue weighted by Crippen LogP contribution is 2.48. The lowest BCUT2D eigenvalue weighted by Crippen LogP contribution is -2.38. The molecule has 0 saturated carbocycles. The number of rotatable bonds is 1. The molecule has 1 aromatic carbocycles. The number of fused-ring (bicyclic) bond motifs is 1. The summed E-state index contributed by atoms with van der Waals surface area (Å²) in [7, 11) is 0. The molecule has 1 N–H and O–H groups in total. The normalized spacial score (nSPS) is 21.6. The van der Waals surface area contributed by atoms with Crippen LogP contribution >= 0.6 is 0 Å². The molecule has 26 heavy (non-hydrogen) atoms. The van der Waals surface area contributed by atoms with Crippen molar-refractivity contribution >= 4 is 23.1 Å². The first-order valence-electron chi connectivity index (χ1n) is 8.83. The lowest BCUT2D eigenvalue weighted by molar-refractivity contribution is -0.118. The van der Waals surface area contributed by atoms with Crippen LogP contribution in [0.4, 0.5) is 11.4 Å². The molecule has 0 fully saturated rings. The molecular weight excluding hydrogens is 328 g/mol. The third kappa shape index (κ3) is 2.64. The predicted octanol–water partition coefficient (Wildman–Crippen LogP) is 4.44. The minimum atomic E-state index is -0.558. The van der Waals surface area contributed by atoms with Crippen molar-refractivity contribution in [3.05, 3.63) is 59.7 Å². The standard InChI is InChI=1S/C21H22N2O3/c1-13(24)23-16-8-5-4-7-14(16)22-15-11-21(2,3)12-17(25)19(15)20(23)18-9-6-10-26-18/h4-10,20,22H,11-12H2,1-3H3/t20-/m1/s1. The van der Waals surface area contributed by atoms with Gasteiger partial charge in [0.15, 0.2) is 5.78 Å². The Bertz CT molecular complexity index is 909. The Morgan fingerprint density at radius 3 is 2.65 bits per heavy atom. The van der Waals surface area contributed by atoms with Crippen LogP contribution in [0.1, 0.15) is 45.4 Å². The summed E-state index contributed by atoms with van der Waals surface area (Å²) >= 11 is 0. The highest BCUT2D eigenvalue weighted by molar-refractivity contribution is 6.05. The molecular formula is C21H22N2O3. The van der Waals surface area contributed by atoms with Gasteiger partial charge < -0.3 is 9.73 Å². The number of furan rings is 1. The molecule has 1 atom stereocenters. The molecule has 0 saturated heterocycles. The quantitative estimate of drug-likeness (QED) is 0.826. The van der Waals surface area contributed by atoms with Gasteiger partial charge in [-0.25, -0.2) is 0 Å². The summed E-state index contributed by atoms with van der Waals surface area (Å²) in [6, 6.07) is 10.7. The Kier molecular flexibility index (Phi) is 3.75. The lowest BCUT2D eigenvalue weighted by atomic mass is 9.74. The fourth-order valence-electron chi connectivity index (χ4n) is 4.05. The molecule has 0 spiro atoms. The predicted molar refractivity (Wildman–Crippen MR) is 99.7 cm³/mol. The van der Waals surface area contributed by atoms with Gasteiger partial charge in [-0.2, -0.15) is 0 Å². The van der Waals surface area contributed by atoms with Crippen molar-refractivity contribution in [2.24, 2.45) is 5.41 Å². The Morgan fingerprint density at radius 1 is 1.19 bits per heavy atom. The number of hydrogen-bond acceptors (Lipinski definition) is 4. The van der Waals surface area contributed by atoms with Crippen molar-refractivity contribution < 1.29 is 14.0 Å². The largest absolute Gasteiger partial charge is 0.467 e. The van der Waals surface area contributed by atoms with E-state index in [1.54, 1.807) is 17.2 Å². The number of hydrogen-bond donors (Lipinski definition) is 1. The third-order valence-electron chi connectivity index (χ3n) is 5.05. The Hall–Kier alpha value is -2.82. The van der Waals surface area contributed by atoms with Gasteiger partial charge in [0.05, 0.1) is 17.6 Å². The summed E-state index contributed by atoms with van der Waals surface area (Å²) < 4.78 is 5.67. The molecule has 2 aromatic rings. The van der Waals surface area contributed by atoms with Crippen LogP contribution in [0.3, 0.4) is 0 Å². The van der Waals surface area contributed by atoms with Gasteiger partial charge in [-0.05, 0) is 36.1 Å². The van der Waals surface area contributed by atoms with Crippen molar-refractivity contribution in [3.63, 3.8) is 0 Å². The minimum Gasteiger partial charge on any atom is -0.467 e. The van der Waals surface area contributed by atoms with E-state index < -0.39 is 6.04 Å². The molecule has 134 valence electrons. The fourth-order valence-corrected chi connectivity index (χ4v) is 4.05. The van der Waals surface area contributed by atoms with E-state index in [2.05, 4.69) is 19.2 Å². The van der Waals surface area contributed by atoms with Crippen LogP contribution in [-0.4, -0.2) is 11.7 Å². The number of benzene rings is 1. The maximum atomic E-state index is 13.1. The monoisotopic (exact) mass is 350 g/mol. The molecule has 1 aliphatic carbocycles. The highest BCUT2D eigenvalue weighted by Gasteiger charge is 2.43. The van der Waals surface area contributed by atoms with Crippen molar-refractivity contribution in [2.45, 2.75) is 39.7 Å². The van der Waals surface area contributed by atoms with Crippen LogP contribution in [0, 0.1) is 5.41 Å². The summed E-state index contributed by atoms with van der Waals surface area (Å²) in [5.41, 5.74) is 2.96. The zero-order chi connectivity index (χ0) is 18.5. The maximum absolute atomic E-state index is 13.1. The van der Waals surface area contributed by atoms with Gasteiger partial charge in [0.25, 0.3) is 0 Å². The van der Waals surface area contributed by atoms with E-state index in [4.69, 9.17) is 4.42 Å².